The van der Waals surface area contributed by atoms with Gasteiger partial charge in [-0.2, -0.15) is 0 Å². The molecule has 0 atom stereocenters. The van der Waals surface area contributed by atoms with Crippen molar-refractivity contribution >= 4 is 45.2 Å². The van der Waals surface area contributed by atoms with Gasteiger partial charge in [-0.3, -0.25) is 4.79 Å². The largest absolute Gasteiger partial charge is 0.436 e. The highest BCUT2D eigenvalue weighted by Crippen LogP contribution is 2.35. The van der Waals surface area contributed by atoms with Crippen LogP contribution in [0.25, 0.3) is 33.5 Å². The van der Waals surface area contributed by atoms with Crippen molar-refractivity contribution in [2.45, 2.75) is 31.9 Å². The summed E-state index contributed by atoms with van der Waals surface area (Å²) in [4.78, 5) is 23.6. The summed E-state index contributed by atoms with van der Waals surface area (Å²) in [6, 6.07) is 7.62. The lowest BCUT2D eigenvalue weighted by Crippen LogP contribution is -2.34. The number of alkyl halides is 1. The summed E-state index contributed by atoms with van der Waals surface area (Å²) in [5, 5.41) is 15.1. The van der Waals surface area contributed by atoms with Gasteiger partial charge >= 0.3 is 0 Å². The van der Waals surface area contributed by atoms with Gasteiger partial charge in [-0.05, 0) is 49.9 Å². The quantitative estimate of drug-likeness (QED) is 0.456. The molecule has 0 spiro atoms. The number of pyridine rings is 1. The monoisotopic (exact) mass is 461 g/mol. The molecule has 1 amide bonds. The van der Waals surface area contributed by atoms with E-state index in [4.69, 9.17) is 9.40 Å². The molecule has 4 aromatic rings. The second-order valence-electron chi connectivity index (χ2n) is 8.86. The number of carbonyl (C=O) groups is 1. The van der Waals surface area contributed by atoms with Crippen LogP contribution in [0.1, 0.15) is 25.7 Å². The second-order valence-corrected chi connectivity index (χ2v) is 8.86. The highest BCUT2D eigenvalue weighted by atomic mass is 19.1. The molecular weight excluding hydrogens is 437 g/mol. The SMILES string of the molecule is CNc1ncc(-c2nc3cc(N4CCC(F)CC4)ccc3o2)c2cc(NC(=O)C3CC3)nnc12. The maximum atomic E-state index is 13.5. The van der Waals surface area contributed by atoms with E-state index in [1.807, 2.05) is 18.2 Å². The van der Waals surface area contributed by atoms with E-state index in [9.17, 15) is 9.18 Å². The van der Waals surface area contributed by atoms with Crippen molar-refractivity contribution in [2.75, 3.05) is 35.7 Å². The molecule has 1 aromatic carbocycles. The Morgan fingerprint density at radius 2 is 1.97 bits per heavy atom. The molecule has 2 N–H and O–H groups in total. The molecule has 1 aliphatic heterocycles. The highest BCUT2D eigenvalue weighted by Gasteiger charge is 2.30. The van der Waals surface area contributed by atoms with Crippen molar-refractivity contribution in [3.05, 3.63) is 30.5 Å². The molecule has 4 heterocycles. The van der Waals surface area contributed by atoms with Gasteiger partial charge in [-0.25, -0.2) is 14.4 Å². The topological polar surface area (TPSA) is 109 Å². The zero-order valence-corrected chi connectivity index (χ0v) is 18.7. The van der Waals surface area contributed by atoms with E-state index in [1.165, 1.54) is 0 Å². The average molecular weight is 462 g/mol. The Labute approximate surface area is 194 Å². The summed E-state index contributed by atoms with van der Waals surface area (Å²) in [7, 11) is 1.76. The Bertz CT molecular complexity index is 1390. The fourth-order valence-electron chi connectivity index (χ4n) is 4.35. The molecule has 6 rings (SSSR count). The number of oxazole rings is 1. The summed E-state index contributed by atoms with van der Waals surface area (Å²) in [6.07, 6.45) is 3.85. The Morgan fingerprint density at radius 3 is 2.74 bits per heavy atom. The summed E-state index contributed by atoms with van der Waals surface area (Å²) in [5.74, 6) is 1.38. The fourth-order valence-corrected chi connectivity index (χ4v) is 4.35. The lowest BCUT2D eigenvalue weighted by atomic mass is 10.1. The highest BCUT2D eigenvalue weighted by molar-refractivity contribution is 6.01. The molecule has 2 aliphatic rings. The third kappa shape index (κ3) is 3.78. The molecule has 0 unspecified atom stereocenters. The number of hydrogen-bond donors (Lipinski definition) is 2. The van der Waals surface area contributed by atoms with Crippen molar-refractivity contribution in [2.24, 2.45) is 5.92 Å². The summed E-state index contributed by atoms with van der Waals surface area (Å²) in [5.41, 5.74) is 3.58. The maximum Gasteiger partial charge on any atom is 0.229 e. The van der Waals surface area contributed by atoms with Crippen molar-refractivity contribution < 1.29 is 13.6 Å². The Hall–Kier alpha value is -3.82. The Balaban J connectivity index is 1.39. The number of halogens is 1. The van der Waals surface area contributed by atoms with Crippen LogP contribution in [0, 0.1) is 5.92 Å². The predicted molar refractivity (Wildman–Crippen MR) is 128 cm³/mol. The Kier molecular flexibility index (Phi) is 5.00. The molecule has 34 heavy (non-hydrogen) atoms. The standard InChI is InChI=1S/C24H24FN7O2/c1-26-22-21-16(11-20(30-31-21)29-23(33)13-2-3-13)17(12-27-22)24-28-18-10-15(4-5-19(18)34-24)32-8-6-14(25)7-9-32/h4-5,10-14H,2-3,6-9H2,1H3,(H,26,27)(H,29,30,33). The van der Waals surface area contributed by atoms with Gasteiger partial charge in [-0.15, -0.1) is 10.2 Å². The predicted octanol–water partition coefficient (Wildman–Crippen LogP) is 4.16. The van der Waals surface area contributed by atoms with Crippen LogP contribution in [-0.4, -0.2) is 52.4 Å². The van der Waals surface area contributed by atoms with Crippen LogP contribution in [0.2, 0.25) is 0 Å². The minimum Gasteiger partial charge on any atom is -0.436 e. The number of nitrogens with one attached hydrogen (secondary N) is 2. The van der Waals surface area contributed by atoms with Crippen molar-refractivity contribution in [3.63, 3.8) is 0 Å². The molecule has 1 saturated heterocycles. The van der Waals surface area contributed by atoms with E-state index in [0.717, 1.165) is 23.9 Å². The molecule has 9 nitrogen and oxygen atoms in total. The van der Waals surface area contributed by atoms with Crippen LogP contribution in [0.4, 0.5) is 21.7 Å². The van der Waals surface area contributed by atoms with E-state index in [-0.39, 0.29) is 11.8 Å². The summed E-state index contributed by atoms with van der Waals surface area (Å²) in [6.45, 7) is 1.37. The number of hydrogen-bond acceptors (Lipinski definition) is 8. The number of carbonyl (C=O) groups excluding carboxylic acids is 1. The molecular formula is C24H24FN7O2. The first-order chi connectivity index (χ1) is 16.6. The minimum atomic E-state index is -0.720. The van der Waals surface area contributed by atoms with Crippen molar-refractivity contribution in [3.8, 4) is 11.5 Å². The summed E-state index contributed by atoms with van der Waals surface area (Å²) < 4.78 is 19.6. The first-order valence-corrected chi connectivity index (χ1v) is 11.5. The number of amides is 1. The van der Waals surface area contributed by atoms with Crippen LogP contribution in [0.3, 0.4) is 0 Å². The number of benzene rings is 1. The fraction of sp³-hybridized carbons (Fsp3) is 0.375. The molecule has 1 saturated carbocycles. The average Bonchev–Trinajstić information content (AvgIpc) is 3.63. The Morgan fingerprint density at radius 1 is 1.15 bits per heavy atom. The van der Waals surface area contributed by atoms with Gasteiger partial charge in [0, 0.05) is 43.3 Å². The van der Waals surface area contributed by atoms with Gasteiger partial charge in [0.1, 0.15) is 17.2 Å². The van der Waals surface area contributed by atoms with E-state index < -0.39 is 6.17 Å². The van der Waals surface area contributed by atoms with Crippen LogP contribution in [-0.2, 0) is 4.79 Å². The molecule has 1 aliphatic carbocycles. The number of anilines is 3. The maximum absolute atomic E-state index is 13.5. The molecule has 0 radical (unpaired) electrons. The smallest absolute Gasteiger partial charge is 0.229 e. The van der Waals surface area contributed by atoms with Gasteiger partial charge in [0.2, 0.25) is 11.8 Å². The molecule has 10 heteroatoms. The van der Waals surface area contributed by atoms with Gasteiger partial charge in [-0.1, -0.05) is 0 Å². The third-order valence-electron chi connectivity index (χ3n) is 6.46. The minimum absolute atomic E-state index is 0.0377. The van der Waals surface area contributed by atoms with Gasteiger partial charge < -0.3 is 20.0 Å². The lowest BCUT2D eigenvalue weighted by molar-refractivity contribution is -0.117. The van der Waals surface area contributed by atoms with E-state index in [2.05, 4.69) is 30.7 Å². The zero-order chi connectivity index (χ0) is 23.2. The van der Waals surface area contributed by atoms with Crippen molar-refractivity contribution in [1.82, 2.24) is 20.2 Å². The van der Waals surface area contributed by atoms with Gasteiger partial charge in [0.15, 0.2) is 17.2 Å². The molecule has 3 aromatic heterocycles. The molecule has 2 fully saturated rings. The van der Waals surface area contributed by atoms with Gasteiger partial charge in [0.05, 0.1) is 5.56 Å². The summed E-state index contributed by atoms with van der Waals surface area (Å²) >= 11 is 0. The van der Waals surface area contributed by atoms with Gasteiger partial charge in [0.25, 0.3) is 0 Å². The lowest BCUT2D eigenvalue weighted by Gasteiger charge is -2.30. The van der Waals surface area contributed by atoms with Crippen LogP contribution in [0.15, 0.2) is 34.9 Å². The van der Waals surface area contributed by atoms with E-state index >= 15 is 0 Å². The number of nitrogens with zero attached hydrogens (tertiary/aromatic N) is 5. The first-order valence-electron chi connectivity index (χ1n) is 11.5. The number of fused-ring (bicyclic) bond motifs is 2. The zero-order valence-electron chi connectivity index (χ0n) is 18.7. The van der Waals surface area contributed by atoms with Crippen LogP contribution >= 0.6 is 0 Å². The number of piperidine rings is 1. The first kappa shape index (κ1) is 20.8. The molecule has 0 bridgehead atoms. The van der Waals surface area contributed by atoms with Crippen LogP contribution in [0.5, 0.6) is 0 Å². The third-order valence-corrected chi connectivity index (χ3v) is 6.46. The van der Waals surface area contributed by atoms with Crippen molar-refractivity contribution in [1.29, 1.82) is 0 Å². The van der Waals surface area contributed by atoms with Crippen LogP contribution < -0.4 is 15.5 Å². The number of rotatable bonds is 5. The normalized spacial score (nSPS) is 16.8. The van der Waals surface area contributed by atoms with E-state index in [1.54, 1.807) is 19.3 Å². The number of aromatic nitrogens is 4. The molecule has 174 valence electrons. The second kappa shape index (κ2) is 8.19. The van der Waals surface area contributed by atoms with E-state index in [0.29, 0.717) is 65.6 Å².